The number of carbonyl (C=O) groups excluding carboxylic acids is 1. The summed E-state index contributed by atoms with van der Waals surface area (Å²) in [7, 11) is 0. The maximum atomic E-state index is 11.6. The lowest BCUT2D eigenvalue weighted by Gasteiger charge is -2.18. The van der Waals surface area contributed by atoms with Gasteiger partial charge in [-0.2, -0.15) is 0 Å². The van der Waals surface area contributed by atoms with Crippen LogP contribution in [0.15, 0.2) is 12.8 Å². The number of hydrogen-bond acceptors (Lipinski definition) is 1. The molecule has 1 saturated carbocycles. The first-order valence-electron chi connectivity index (χ1n) is 5.05. The van der Waals surface area contributed by atoms with Crippen molar-refractivity contribution in [3.8, 4) is 0 Å². The van der Waals surface area contributed by atoms with E-state index in [0.717, 1.165) is 12.5 Å². The predicted octanol–water partition coefficient (Wildman–Crippen LogP) is 2.41. The largest absolute Gasteiger partial charge is 0.319 e. The first-order chi connectivity index (χ1) is 6.13. The third-order valence-corrected chi connectivity index (χ3v) is 2.28. The minimum atomic E-state index is 0.219. The smallest absolute Gasteiger partial charge is 0.226 e. The molecule has 0 heterocycles. The number of amides is 1. The summed E-state index contributed by atoms with van der Waals surface area (Å²) in [5.41, 5.74) is 0. The van der Waals surface area contributed by atoms with Crippen LogP contribution in [0.4, 0.5) is 0 Å². The Morgan fingerprint density at radius 1 is 1.62 bits per heavy atom. The average Bonchev–Trinajstić information content (AvgIpc) is 2.81. The summed E-state index contributed by atoms with van der Waals surface area (Å²) in [6.07, 6.45) is 4.86. The van der Waals surface area contributed by atoms with E-state index >= 15 is 0 Å². The van der Waals surface area contributed by atoms with Gasteiger partial charge in [-0.3, -0.25) is 4.79 Å². The van der Waals surface area contributed by atoms with Crippen LogP contribution in [-0.2, 0) is 4.79 Å². The van der Waals surface area contributed by atoms with Crippen LogP contribution in [0, 0.1) is 11.8 Å². The van der Waals surface area contributed by atoms with E-state index in [1.165, 1.54) is 12.8 Å². The van der Waals surface area contributed by atoms with Crippen molar-refractivity contribution >= 4 is 5.91 Å². The molecule has 0 aromatic carbocycles. The van der Waals surface area contributed by atoms with Gasteiger partial charge in [0.1, 0.15) is 0 Å². The fourth-order valence-electron chi connectivity index (χ4n) is 1.32. The van der Waals surface area contributed by atoms with Crippen molar-refractivity contribution < 1.29 is 4.79 Å². The zero-order valence-corrected chi connectivity index (χ0v) is 8.62. The molecule has 1 fully saturated rings. The van der Waals surface area contributed by atoms with Gasteiger partial charge >= 0.3 is 0 Å². The SMILES string of the molecule is C=CN(CC1CC1)C(=O)CC(C)C. The van der Waals surface area contributed by atoms with Crippen molar-refractivity contribution in [2.45, 2.75) is 33.1 Å². The van der Waals surface area contributed by atoms with Crippen LogP contribution in [0.3, 0.4) is 0 Å². The Balaban J connectivity index is 2.34. The van der Waals surface area contributed by atoms with Crippen LogP contribution in [-0.4, -0.2) is 17.4 Å². The normalized spacial score (nSPS) is 15.9. The van der Waals surface area contributed by atoms with Gasteiger partial charge in [0.05, 0.1) is 0 Å². The summed E-state index contributed by atoms with van der Waals surface area (Å²) < 4.78 is 0. The van der Waals surface area contributed by atoms with E-state index < -0.39 is 0 Å². The highest BCUT2D eigenvalue weighted by Gasteiger charge is 2.25. The van der Waals surface area contributed by atoms with Gasteiger partial charge in [0.15, 0.2) is 0 Å². The highest BCUT2D eigenvalue weighted by molar-refractivity contribution is 5.77. The van der Waals surface area contributed by atoms with Gasteiger partial charge in [0.2, 0.25) is 5.91 Å². The number of rotatable bonds is 5. The molecule has 0 spiro atoms. The van der Waals surface area contributed by atoms with Gasteiger partial charge < -0.3 is 4.90 Å². The molecule has 0 radical (unpaired) electrons. The fourth-order valence-corrected chi connectivity index (χ4v) is 1.32. The molecule has 74 valence electrons. The number of carbonyl (C=O) groups is 1. The van der Waals surface area contributed by atoms with Gasteiger partial charge in [-0.1, -0.05) is 20.4 Å². The summed E-state index contributed by atoms with van der Waals surface area (Å²) >= 11 is 0. The molecular weight excluding hydrogens is 162 g/mol. The lowest BCUT2D eigenvalue weighted by Crippen LogP contribution is -2.28. The molecule has 13 heavy (non-hydrogen) atoms. The Morgan fingerprint density at radius 2 is 2.23 bits per heavy atom. The Morgan fingerprint density at radius 3 is 2.62 bits per heavy atom. The standard InChI is InChI=1S/C11H19NO/c1-4-12(8-10-5-6-10)11(13)7-9(2)3/h4,9-10H,1,5-8H2,2-3H3. The molecule has 1 amide bonds. The highest BCUT2D eigenvalue weighted by atomic mass is 16.2. The molecule has 0 N–H and O–H groups in total. The second kappa shape index (κ2) is 4.45. The molecule has 0 unspecified atom stereocenters. The molecule has 0 bridgehead atoms. The summed E-state index contributed by atoms with van der Waals surface area (Å²) in [6, 6.07) is 0. The van der Waals surface area contributed by atoms with Gasteiger partial charge in [-0.25, -0.2) is 0 Å². The summed E-state index contributed by atoms with van der Waals surface area (Å²) in [4.78, 5) is 13.4. The zero-order valence-electron chi connectivity index (χ0n) is 8.62. The Bertz CT molecular complexity index is 194. The molecule has 1 aliphatic rings. The average molecular weight is 181 g/mol. The maximum Gasteiger partial charge on any atom is 0.226 e. The molecule has 0 saturated heterocycles. The van der Waals surface area contributed by atoms with Crippen LogP contribution in [0.25, 0.3) is 0 Å². The Kier molecular flexibility index (Phi) is 3.52. The van der Waals surface area contributed by atoms with Gasteiger partial charge in [-0.05, 0) is 30.9 Å². The minimum absolute atomic E-state index is 0.219. The van der Waals surface area contributed by atoms with Gasteiger partial charge in [0.25, 0.3) is 0 Å². The Hall–Kier alpha value is -0.790. The van der Waals surface area contributed by atoms with E-state index in [2.05, 4.69) is 20.4 Å². The third-order valence-electron chi connectivity index (χ3n) is 2.28. The van der Waals surface area contributed by atoms with Crippen molar-refractivity contribution in [2.24, 2.45) is 11.8 Å². The zero-order chi connectivity index (χ0) is 9.84. The van der Waals surface area contributed by atoms with Crippen molar-refractivity contribution in [3.05, 3.63) is 12.8 Å². The van der Waals surface area contributed by atoms with Crippen LogP contribution in [0.2, 0.25) is 0 Å². The van der Waals surface area contributed by atoms with E-state index in [1.807, 2.05) is 0 Å². The molecule has 0 aliphatic heterocycles. The number of nitrogens with zero attached hydrogens (tertiary/aromatic N) is 1. The summed E-state index contributed by atoms with van der Waals surface area (Å²) in [6.45, 7) is 8.69. The first kappa shape index (κ1) is 10.3. The van der Waals surface area contributed by atoms with E-state index in [4.69, 9.17) is 0 Å². The van der Waals surface area contributed by atoms with Crippen LogP contribution < -0.4 is 0 Å². The highest BCUT2D eigenvalue weighted by Crippen LogP contribution is 2.30. The Labute approximate surface area is 80.6 Å². The van der Waals surface area contributed by atoms with Crippen LogP contribution in [0.1, 0.15) is 33.1 Å². The van der Waals surface area contributed by atoms with Gasteiger partial charge in [-0.15, -0.1) is 0 Å². The van der Waals surface area contributed by atoms with Crippen molar-refractivity contribution in [2.75, 3.05) is 6.54 Å². The predicted molar refractivity (Wildman–Crippen MR) is 54.1 cm³/mol. The number of hydrogen-bond donors (Lipinski definition) is 0. The molecule has 0 atom stereocenters. The second-order valence-electron chi connectivity index (χ2n) is 4.27. The quantitative estimate of drug-likeness (QED) is 0.638. The van der Waals surface area contributed by atoms with E-state index in [-0.39, 0.29) is 5.91 Å². The lowest BCUT2D eigenvalue weighted by atomic mass is 10.1. The summed E-state index contributed by atoms with van der Waals surface area (Å²) in [5.74, 6) is 1.40. The van der Waals surface area contributed by atoms with E-state index in [1.54, 1.807) is 11.1 Å². The molecule has 2 nitrogen and oxygen atoms in total. The third kappa shape index (κ3) is 3.62. The van der Waals surface area contributed by atoms with Crippen molar-refractivity contribution in [1.82, 2.24) is 4.90 Å². The molecule has 0 aromatic rings. The topological polar surface area (TPSA) is 20.3 Å². The lowest BCUT2D eigenvalue weighted by molar-refractivity contribution is -0.129. The van der Waals surface area contributed by atoms with E-state index in [0.29, 0.717) is 12.3 Å². The molecule has 1 aliphatic carbocycles. The molecular formula is C11H19NO. The minimum Gasteiger partial charge on any atom is -0.319 e. The van der Waals surface area contributed by atoms with Crippen LogP contribution >= 0.6 is 0 Å². The molecule has 2 heteroatoms. The van der Waals surface area contributed by atoms with E-state index in [9.17, 15) is 4.79 Å². The van der Waals surface area contributed by atoms with Crippen LogP contribution in [0.5, 0.6) is 0 Å². The molecule has 0 aromatic heterocycles. The summed E-state index contributed by atoms with van der Waals surface area (Å²) in [5, 5.41) is 0. The second-order valence-corrected chi connectivity index (χ2v) is 4.27. The maximum absolute atomic E-state index is 11.6. The first-order valence-corrected chi connectivity index (χ1v) is 5.05. The van der Waals surface area contributed by atoms with Crippen molar-refractivity contribution in [3.63, 3.8) is 0 Å². The fraction of sp³-hybridized carbons (Fsp3) is 0.727. The monoisotopic (exact) mass is 181 g/mol. The van der Waals surface area contributed by atoms with Crippen molar-refractivity contribution in [1.29, 1.82) is 0 Å². The molecule has 1 rings (SSSR count). The van der Waals surface area contributed by atoms with Gasteiger partial charge in [0, 0.05) is 13.0 Å².